The molecule has 3 rings (SSSR count). The number of rotatable bonds is 4. The Kier molecular flexibility index (Phi) is 5.86. The fourth-order valence-electron chi connectivity index (χ4n) is 3.77. The minimum absolute atomic E-state index is 0.0724. The Hall–Kier alpha value is -1.02. The van der Waals surface area contributed by atoms with Crippen LogP contribution < -0.4 is 0 Å². The SMILES string of the molecule is Cc1nc(C)c(C(=O)N2C[C@@H](CN3CCOCC3)C[C@H](CO)C2)s1. The topological polar surface area (TPSA) is 65.9 Å². The number of thiazole rings is 1. The summed E-state index contributed by atoms with van der Waals surface area (Å²) in [5, 5.41) is 10.6. The minimum Gasteiger partial charge on any atom is -0.396 e. The standard InChI is InChI=1S/C17H27N3O3S/c1-12-16(24-13(2)18-12)17(22)20-9-14(7-15(10-20)11-21)8-19-3-5-23-6-4-19/h14-15,21H,3-11H2,1-2H3/t14-,15+/m1/s1. The Morgan fingerprint density at radius 2 is 2.00 bits per heavy atom. The van der Waals surface area contributed by atoms with Crippen molar-refractivity contribution in [2.75, 3.05) is 52.5 Å². The van der Waals surface area contributed by atoms with E-state index in [4.69, 9.17) is 4.74 Å². The quantitative estimate of drug-likeness (QED) is 0.880. The molecule has 1 aromatic rings. The van der Waals surface area contributed by atoms with Crippen LogP contribution in [0.3, 0.4) is 0 Å². The van der Waals surface area contributed by atoms with Crippen molar-refractivity contribution in [3.63, 3.8) is 0 Å². The molecule has 7 heteroatoms. The maximum Gasteiger partial charge on any atom is 0.265 e. The van der Waals surface area contributed by atoms with Gasteiger partial charge in [0.15, 0.2) is 0 Å². The summed E-state index contributed by atoms with van der Waals surface area (Å²) in [6, 6.07) is 0. The third kappa shape index (κ3) is 4.14. The van der Waals surface area contributed by atoms with E-state index in [9.17, 15) is 9.90 Å². The first kappa shape index (κ1) is 17.8. The number of nitrogens with zero attached hydrogens (tertiary/aromatic N) is 3. The average Bonchev–Trinajstić information content (AvgIpc) is 2.93. The summed E-state index contributed by atoms with van der Waals surface area (Å²) in [6.45, 7) is 9.86. The summed E-state index contributed by atoms with van der Waals surface area (Å²) in [4.78, 5) is 22.4. The second-order valence-electron chi connectivity index (χ2n) is 6.92. The van der Waals surface area contributed by atoms with Gasteiger partial charge in [0.05, 0.1) is 23.9 Å². The maximum atomic E-state index is 12.9. The molecule has 24 heavy (non-hydrogen) atoms. The Morgan fingerprint density at radius 1 is 1.29 bits per heavy atom. The number of likely N-dealkylation sites (tertiary alicyclic amines) is 1. The molecule has 2 atom stereocenters. The van der Waals surface area contributed by atoms with Crippen LogP contribution in [0.15, 0.2) is 0 Å². The van der Waals surface area contributed by atoms with Gasteiger partial charge in [-0.15, -0.1) is 11.3 Å². The van der Waals surface area contributed by atoms with Crippen molar-refractivity contribution in [3.8, 4) is 0 Å². The lowest BCUT2D eigenvalue weighted by molar-refractivity contribution is 0.0131. The zero-order valence-corrected chi connectivity index (χ0v) is 15.3. The summed E-state index contributed by atoms with van der Waals surface area (Å²) in [6.07, 6.45) is 0.984. The number of aliphatic hydroxyl groups is 1. The molecule has 1 aromatic heterocycles. The number of aliphatic hydroxyl groups excluding tert-OH is 1. The second-order valence-corrected chi connectivity index (χ2v) is 8.12. The van der Waals surface area contributed by atoms with E-state index in [0.29, 0.717) is 12.5 Å². The van der Waals surface area contributed by atoms with Crippen LogP contribution in [0.4, 0.5) is 0 Å². The number of carbonyl (C=O) groups is 1. The molecule has 0 bridgehead atoms. The lowest BCUT2D eigenvalue weighted by atomic mass is 9.89. The molecule has 3 heterocycles. The first-order valence-corrected chi connectivity index (χ1v) is 9.52. The Morgan fingerprint density at radius 3 is 2.62 bits per heavy atom. The fourth-order valence-corrected chi connectivity index (χ4v) is 4.66. The lowest BCUT2D eigenvalue weighted by Crippen LogP contribution is -2.49. The van der Waals surface area contributed by atoms with Crippen LogP contribution >= 0.6 is 11.3 Å². The number of carbonyl (C=O) groups excluding carboxylic acids is 1. The molecule has 0 unspecified atom stereocenters. The van der Waals surface area contributed by atoms with Crippen molar-refractivity contribution in [1.82, 2.24) is 14.8 Å². The average molecular weight is 353 g/mol. The van der Waals surface area contributed by atoms with Crippen LogP contribution in [-0.2, 0) is 4.74 Å². The number of piperidine rings is 1. The molecule has 134 valence electrons. The van der Waals surface area contributed by atoms with Gasteiger partial charge in [-0.3, -0.25) is 9.69 Å². The van der Waals surface area contributed by atoms with Crippen molar-refractivity contribution in [3.05, 3.63) is 15.6 Å². The number of hydrogen-bond acceptors (Lipinski definition) is 6. The number of morpholine rings is 1. The monoisotopic (exact) mass is 353 g/mol. The summed E-state index contributed by atoms with van der Waals surface area (Å²) >= 11 is 1.47. The van der Waals surface area contributed by atoms with Crippen LogP contribution in [-0.4, -0.2) is 78.3 Å². The van der Waals surface area contributed by atoms with E-state index in [2.05, 4.69) is 9.88 Å². The highest BCUT2D eigenvalue weighted by molar-refractivity contribution is 7.13. The summed E-state index contributed by atoms with van der Waals surface area (Å²) in [5.41, 5.74) is 0.818. The van der Waals surface area contributed by atoms with Gasteiger partial charge in [-0.2, -0.15) is 0 Å². The minimum atomic E-state index is 0.0724. The van der Waals surface area contributed by atoms with Gasteiger partial charge >= 0.3 is 0 Å². The number of hydrogen-bond donors (Lipinski definition) is 1. The van der Waals surface area contributed by atoms with Crippen molar-refractivity contribution in [1.29, 1.82) is 0 Å². The van der Waals surface area contributed by atoms with Gasteiger partial charge in [-0.05, 0) is 32.1 Å². The summed E-state index contributed by atoms with van der Waals surface area (Å²) in [5.74, 6) is 0.651. The molecule has 2 fully saturated rings. The highest BCUT2D eigenvalue weighted by Gasteiger charge is 2.32. The zero-order valence-electron chi connectivity index (χ0n) is 14.5. The predicted octanol–water partition coefficient (Wildman–Crippen LogP) is 1.16. The molecule has 1 N–H and O–H groups in total. The van der Waals surface area contributed by atoms with E-state index in [1.807, 2.05) is 18.7 Å². The number of amides is 1. The molecule has 0 spiro atoms. The first-order chi connectivity index (χ1) is 11.6. The van der Waals surface area contributed by atoms with Crippen LogP contribution in [0.25, 0.3) is 0 Å². The van der Waals surface area contributed by atoms with Gasteiger partial charge in [-0.25, -0.2) is 4.98 Å². The third-order valence-corrected chi connectivity index (χ3v) is 5.95. The molecule has 0 radical (unpaired) electrons. The molecule has 1 amide bonds. The normalized spacial score (nSPS) is 25.9. The van der Waals surface area contributed by atoms with Gasteiger partial charge in [-0.1, -0.05) is 0 Å². The van der Waals surface area contributed by atoms with Crippen LogP contribution in [0, 0.1) is 25.7 Å². The molecule has 2 aliphatic rings. The molecule has 0 aliphatic carbocycles. The van der Waals surface area contributed by atoms with Crippen LogP contribution in [0.5, 0.6) is 0 Å². The van der Waals surface area contributed by atoms with Crippen molar-refractivity contribution < 1.29 is 14.6 Å². The van der Waals surface area contributed by atoms with E-state index >= 15 is 0 Å². The summed E-state index contributed by atoms with van der Waals surface area (Å²) in [7, 11) is 0. The first-order valence-electron chi connectivity index (χ1n) is 8.71. The number of aromatic nitrogens is 1. The van der Waals surface area contributed by atoms with Crippen LogP contribution in [0.2, 0.25) is 0 Å². The highest BCUT2D eigenvalue weighted by atomic mass is 32.1. The van der Waals surface area contributed by atoms with Crippen molar-refractivity contribution in [2.45, 2.75) is 20.3 Å². The lowest BCUT2D eigenvalue weighted by Gasteiger charge is -2.39. The molecule has 6 nitrogen and oxygen atoms in total. The maximum absolute atomic E-state index is 12.9. The molecule has 0 saturated carbocycles. The van der Waals surface area contributed by atoms with Gasteiger partial charge in [0.2, 0.25) is 0 Å². The molecular formula is C17H27N3O3S. The van der Waals surface area contributed by atoms with Gasteiger partial charge in [0.25, 0.3) is 5.91 Å². The Labute approximate surface area is 147 Å². The molecule has 2 saturated heterocycles. The van der Waals surface area contributed by atoms with E-state index in [0.717, 1.165) is 61.4 Å². The zero-order chi connectivity index (χ0) is 17.1. The Bertz CT molecular complexity index is 571. The Balaban J connectivity index is 1.68. The molecule has 0 aromatic carbocycles. The fraction of sp³-hybridized carbons (Fsp3) is 0.765. The van der Waals surface area contributed by atoms with E-state index in [-0.39, 0.29) is 18.4 Å². The third-order valence-electron chi connectivity index (χ3n) is 4.89. The highest BCUT2D eigenvalue weighted by Crippen LogP contribution is 2.27. The van der Waals surface area contributed by atoms with Crippen LogP contribution in [0.1, 0.15) is 26.8 Å². The van der Waals surface area contributed by atoms with Gasteiger partial charge < -0.3 is 14.7 Å². The molecule has 2 aliphatic heterocycles. The smallest absolute Gasteiger partial charge is 0.265 e. The largest absolute Gasteiger partial charge is 0.396 e. The van der Waals surface area contributed by atoms with E-state index in [1.165, 1.54) is 11.3 Å². The van der Waals surface area contributed by atoms with Gasteiger partial charge in [0.1, 0.15) is 4.88 Å². The molecular weight excluding hydrogens is 326 g/mol. The second kappa shape index (κ2) is 7.91. The number of ether oxygens (including phenoxy) is 1. The van der Waals surface area contributed by atoms with Crippen molar-refractivity contribution in [2.24, 2.45) is 11.8 Å². The van der Waals surface area contributed by atoms with Crippen molar-refractivity contribution >= 4 is 17.2 Å². The predicted molar refractivity (Wildman–Crippen MR) is 93.4 cm³/mol. The van der Waals surface area contributed by atoms with Gasteiger partial charge in [0, 0.05) is 39.3 Å². The summed E-state index contributed by atoms with van der Waals surface area (Å²) < 4.78 is 5.41. The van der Waals surface area contributed by atoms with E-state index in [1.54, 1.807) is 0 Å². The van der Waals surface area contributed by atoms with E-state index < -0.39 is 0 Å². The number of aryl methyl sites for hydroxylation is 2.